The molecule has 1 atom stereocenters. The van der Waals surface area contributed by atoms with Crippen molar-refractivity contribution in [3.8, 4) is 0 Å². The van der Waals surface area contributed by atoms with Crippen molar-refractivity contribution < 1.29 is 0 Å². The Kier molecular flexibility index (Phi) is 5.42. The first-order chi connectivity index (χ1) is 7.13. The third kappa shape index (κ3) is 4.40. The molecular weight excluding hydrogens is 226 g/mol. The maximum atomic E-state index is 5.60. The molecule has 1 aromatic heterocycles. The van der Waals surface area contributed by atoms with Crippen LogP contribution in [0, 0.1) is 0 Å². The van der Waals surface area contributed by atoms with E-state index < -0.39 is 0 Å². The average Bonchev–Trinajstić information content (AvgIpc) is 2.60. The monoisotopic (exact) mass is 245 g/mol. The van der Waals surface area contributed by atoms with Gasteiger partial charge in [0.05, 0.1) is 0 Å². The molecule has 0 saturated heterocycles. The summed E-state index contributed by atoms with van der Waals surface area (Å²) in [6, 6.07) is 0.612. The molecule has 1 aromatic rings. The van der Waals surface area contributed by atoms with Gasteiger partial charge in [0.2, 0.25) is 0 Å². The molecule has 0 aromatic carbocycles. The van der Waals surface area contributed by atoms with Gasteiger partial charge in [-0.15, -0.1) is 11.3 Å². The summed E-state index contributed by atoms with van der Waals surface area (Å²) in [6.45, 7) is 3.21. The molecule has 15 heavy (non-hydrogen) atoms. The zero-order valence-electron chi connectivity index (χ0n) is 9.56. The Labute approximate surface area is 100 Å². The van der Waals surface area contributed by atoms with Crippen LogP contribution in [0.15, 0.2) is 6.20 Å². The highest BCUT2D eigenvalue weighted by Gasteiger charge is 2.10. The Balaban J connectivity index is 2.37. The normalized spacial score (nSPS) is 13.3. The van der Waals surface area contributed by atoms with Gasteiger partial charge in [-0.05, 0) is 32.4 Å². The van der Waals surface area contributed by atoms with Gasteiger partial charge in [0.15, 0.2) is 5.13 Å². The average molecular weight is 245 g/mol. The van der Waals surface area contributed by atoms with Crippen LogP contribution in [0.25, 0.3) is 0 Å². The van der Waals surface area contributed by atoms with Gasteiger partial charge in [-0.2, -0.15) is 11.8 Å². The highest BCUT2D eigenvalue weighted by Crippen LogP contribution is 2.17. The number of aromatic nitrogens is 1. The molecule has 5 heteroatoms. The minimum atomic E-state index is 0.612. The number of anilines is 1. The minimum absolute atomic E-state index is 0.612. The van der Waals surface area contributed by atoms with Crippen molar-refractivity contribution in [2.24, 2.45) is 0 Å². The van der Waals surface area contributed by atoms with E-state index >= 15 is 0 Å². The predicted octanol–water partition coefficient (Wildman–Crippen LogP) is 2.30. The Morgan fingerprint density at radius 3 is 2.93 bits per heavy atom. The molecule has 0 radical (unpaired) electrons. The van der Waals surface area contributed by atoms with Crippen molar-refractivity contribution in [1.29, 1.82) is 0 Å². The molecule has 0 fully saturated rings. The molecule has 1 heterocycles. The summed E-state index contributed by atoms with van der Waals surface area (Å²) in [5, 5.41) is 0.662. The van der Waals surface area contributed by atoms with Crippen LogP contribution in [0.1, 0.15) is 18.2 Å². The maximum absolute atomic E-state index is 5.60. The van der Waals surface area contributed by atoms with Crippen molar-refractivity contribution in [1.82, 2.24) is 9.88 Å². The van der Waals surface area contributed by atoms with Gasteiger partial charge in [-0.1, -0.05) is 0 Å². The summed E-state index contributed by atoms with van der Waals surface area (Å²) >= 11 is 3.48. The molecule has 0 aliphatic heterocycles. The van der Waals surface area contributed by atoms with Gasteiger partial charge in [0, 0.05) is 23.7 Å². The maximum Gasteiger partial charge on any atom is 0.180 e. The number of nitrogens with zero attached hydrogens (tertiary/aromatic N) is 2. The second-order valence-electron chi connectivity index (χ2n) is 3.71. The zero-order valence-corrected chi connectivity index (χ0v) is 11.2. The van der Waals surface area contributed by atoms with Crippen LogP contribution in [-0.2, 0) is 6.54 Å². The van der Waals surface area contributed by atoms with Gasteiger partial charge in [0.1, 0.15) is 0 Å². The summed E-state index contributed by atoms with van der Waals surface area (Å²) in [5.74, 6) is 1.22. The number of nitrogen functional groups attached to an aromatic ring is 1. The standard InChI is InChI=1S/C10H19N3S2/c1-8(4-5-14-3)13(2)7-9-6-12-10(11)15-9/h6,8H,4-5,7H2,1-3H3,(H2,11,12). The van der Waals surface area contributed by atoms with Crippen molar-refractivity contribution in [3.05, 3.63) is 11.1 Å². The minimum Gasteiger partial charge on any atom is -0.375 e. The largest absolute Gasteiger partial charge is 0.375 e. The quantitative estimate of drug-likeness (QED) is 0.835. The third-order valence-electron chi connectivity index (χ3n) is 2.47. The van der Waals surface area contributed by atoms with Gasteiger partial charge < -0.3 is 5.73 Å². The summed E-state index contributed by atoms with van der Waals surface area (Å²) in [6.07, 6.45) is 5.25. The van der Waals surface area contributed by atoms with Crippen LogP contribution in [0.2, 0.25) is 0 Å². The van der Waals surface area contributed by atoms with Crippen LogP contribution in [0.4, 0.5) is 5.13 Å². The van der Waals surface area contributed by atoms with E-state index in [1.165, 1.54) is 17.1 Å². The number of thioether (sulfide) groups is 1. The molecule has 86 valence electrons. The van der Waals surface area contributed by atoms with E-state index in [-0.39, 0.29) is 0 Å². The highest BCUT2D eigenvalue weighted by molar-refractivity contribution is 7.98. The van der Waals surface area contributed by atoms with E-state index in [0.717, 1.165) is 6.54 Å². The highest BCUT2D eigenvalue weighted by atomic mass is 32.2. The van der Waals surface area contributed by atoms with Crippen LogP contribution in [-0.4, -0.2) is 35.0 Å². The number of nitrogens with two attached hydrogens (primary N) is 1. The molecule has 3 nitrogen and oxygen atoms in total. The van der Waals surface area contributed by atoms with Crippen molar-refractivity contribution >= 4 is 28.2 Å². The lowest BCUT2D eigenvalue weighted by Gasteiger charge is -2.23. The second-order valence-corrected chi connectivity index (χ2v) is 5.84. The predicted molar refractivity (Wildman–Crippen MR) is 70.5 cm³/mol. The molecule has 0 bridgehead atoms. The number of hydrogen-bond acceptors (Lipinski definition) is 5. The van der Waals surface area contributed by atoms with Crippen LogP contribution >= 0.6 is 23.1 Å². The number of hydrogen-bond donors (Lipinski definition) is 1. The van der Waals surface area contributed by atoms with Gasteiger partial charge in [-0.3, -0.25) is 4.90 Å². The number of rotatable bonds is 6. The van der Waals surface area contributed by atoms with Crippen LogP contribution < -0.4 is 5.73 Å². The van der Waals surface area contributed by atoms with Crippen LogP contribution in [0.3, 0.4) is 0 Å². The second kappa shape index (κ2) is 6.35. The molecule has 1 rings (SSSR count). The van der Waals surface area contributed by atoms with E-state index in [9.17, 15) is 0 Å². The molecule has 0 spiro atoms. The smallest absolute Gasteiger partial charge is 0.180 e. The SMILES string of the molecule is CSCCC(C)N(C)Cc1cnc(N)s1. The lowest BCUT2D eigenvalue weighted by Crippen LogP contribution is -2.28. The first-order valence-electron chi connectivity index (χ1n) is 5.03. The first kappa shape index (κ1) is 12.8. The molecule has 0 amide bonds. The van der Waals surface area contributed by atoms with Crippen molar-refractivity contribution in [2.45, 2.75) is 25.9 Å². The van der Waals surface area contributed by atoms with Gasteiger partial charge in [-0.25, -0.2) is 4.98 Å². The molecule has 0 aliphatic rings. The third-order valence-corrected chi connectivity index (χ3v) is 3.92. The topological polar surface area (TPSA) is 42.2 Å². The molecular formula is C10H19N3S2. The Morgan fingerprint density at radius 2 is 2.40 bits per heavy atom. The van der Waals surface area contributed by atoms with Gasteiger partial charge in [0.25, 0.3) is 0 Å². The lowest BCUT2D eigenvalue weighted by molar-refractivity contribution is 0.247. The van der Waals surface area contributed by atoms with Crippen molar-refractivity contribution in [2.75, 3.05) is 24.8 Å². The van der Waals surface area contributed by atoms with E-state index in [0.29, 0.717) is 11.2 Å². The summed E-state index contributed by atoms with van der Waals surface area (Å²) in [7, 11) is 2.15. The molecule has 0 aliphatic carbocycles. The summed E-state index contributed by atoms with van der Waals surface area (Å²) < 4.78 is 0. The fourth-order valence-corrected chi connectivity index (χ4v) is 2.63. The molecule has 0 saturated carbocycles. The molecule has 1 unspecified atom stereocenters. The Bertz CT molecular complexity index is 288. The fraction of sp³-hybridized carbons (Fsp3) is 0.700. The Morgan fingerprint density at radius 1 is 1.67 bits per heavy atom. The fourth-order valence-electron chi connectivity index (χ4n) is 1.31. The van der Waals surface area contributed by atoms with E-state index in [2.05, 4.69) is 30.1 Å². The first-order valence-corrected chi connectivity index (χ1v) is 7.24. The number of thiazole rings is 1. The van der Waals surface area contributed by atoms with Gasteiger partial charge >= 0.3 is 0 Å². The van der Waals surface area contributed by atoms with E-state index in [1.54, 1.807) is 11.3 Å². The zero-order chi connectivity index (χ0) is 11.3. The molecule has 2 N–H and O–H groups in total. The van der Waals surface area contributed by atoms with Crippen molar-refractivity contribution in [3.63, 3.8) is 0 Å². The van der Waals surface area contributed by atoms with E-state index in [1.807, 2.05) is 18.0 Å². The van der Waals surface area contributed by atoms with Crippen LogP contribution in [0.5, 0.6) is 0 Å². The lowest BCUT2D eigenvalue weighted by atomic mass is 10.2. The summed E-state index contributed by atoms with van der Waals surface area (Å²) in [4.78, 5) is 7.65. The van der Waals surface area contributed by atoms with E-state index in [4.69, 9.17) is 5.73 Å². The summed E-state index contributed by atoms with van der Waals surface area (Å²) in [5.41, 5.74) is 5.60. The Hall–Kier alpha value is -0.260.